The number of likely N-dealkylation sites (N-methyl/N-ethyl adjacent to an activating group) is 1. The maximum atomic E-state index is 12.4. The fourth-order valence-electron chi connectivity index (χ4n) is 2.44. The van der Waals surface area contributed by atoms with Crippen molar-refractivity contribution >= 4 is 17.2 Å². The lowest BCUT2D eigenvalue weighted by Gasteiger charge is -2.23. The number of carbonyl (C=O) groups excluding carboxylic acids is 1. The van der Waals surface area contributed by atoms with E-state index in [9.17, 15) is 4.79 Å². The summed E-state index contributed by atoms with van der Waals surface area (Å²) in [6.45, 7) is 5.16. The van der Waals surface area contributed by atoms with Gasteiger partial charge in [-0.15, -0.1) is 11.3 Å². The van der Waals surface area contributed by atoms with Crippen molar-refractivity contribution in [3.63, 3.8) is 0 Å². The summed E-state index contributed by atoms with van der Waals surface area (Å²) >= 11 is 1.62. The van der Waals surface area contributed by atoms with Crippen LogP contribution in [-0.2, 0) is 0 Å². The number of hydrogen-bond donors (Lipinski definition) is 2. The first-order chi connectivity index (χ1) is 10.5. The summed E-state index contributed by atoms with van der Waals surface area (Å²) in [6, 6.07) is 5.93. The maximum absolute atomic E-state index is 12.4. The van der Waals surface area contributed by atoms with Gasteiger partial charge < -0.3 is 10.2 Å². The Kier molecular flexibility index (Phi) is 5.74. The van der Waals surface area contributed by atoms with Crippen molar-refractivity contribution in [1.82, 2.24) is 20.4 Å². The lowest BCUT2D eigenvalue weighted by atomic mass is 10.0. The van der Waals surface area contributed by atoms with E-state index in [0.29, 0.717) is 11.6 Å². The fraction of sp³-hybridized carbons (Fsp3) is 0.500. The molecule has 2 heterocycles. The largest absolute Gasteiger partial charge is 0.347 e. The van der Waals surface area contributed by atoms with Crippen LogP contribution in [0.1, 0.15) is 30.8 Å². The summed E-state index contributed by atoms with van der Waals surface area (Å²) in [6.07, 6.45) is 0.951. The van der Waals surface area contributed by atoms with E-state index in [1.54, 1.807) is 11.3 Å². The van der Waals surface area contributed by atoms with Gasteiger partial charge >= 0.3 is 0 Å². The molecule has 0 saturated heterocycles. The first-order valence-electron chi connectivity index (χ1n) is 7.50. The van der Waals surface area contributed by atoms with E-state index >= 15 is 0 Å². The first-order valence-corrected chi connectivity index (χ1v) is 8.38. The normalized spacial score (nSPS) is 12.8. The zero-order valence-electron chi connectivity index (χ0n) is 13.6. The summed E-state index contributed by atoms with van der Waals surface area (Å²) in [4.78, 5) is 15.6. The number of hydrogen-bond acceptors (Lipinski definition) is 4. The van der Waals surface area contributed by atoms with Gasteiger partial charge in [0.15, 0.2) is 5.69 Å². The number of H-pyrrole nitrogens is 1. The molecule has 5 nitrogen and oxygen atoms in total. The highest BCUT2D eigenvalue weighted by atomic mass is 32.1. The molecule has 0 aliphatic heterocycles. The number of rotatable bonds is 7. The summed E-state index contributed by atoms with van der Waals surface area (Å²) in [5, 5.41) is 12.2. The van der Waals surface area contributed by atoms with Crippen molar-refractivity contribution in [2.24, 2.45) is 5.92 Å². The van der Waals surface area contributed by atoms with Gasteiger partial charge in [-0.25, -0.2) is 0 Å². The SMILES string of the molecule is CC(C)CC(CN(C)C)NC(=O)c1cc(-c2cccs2)[nH]n1. The Bertz CT molecular complexity index is 579. The molecular formula is C16H24N4OS. The van der Waals surface area contributed by atoms with Crippen LogP contribution in [0.25, 0.3) is 10.6 Å². The molecule has 0 spiro atoms. The predicted octanol–water partition coefficient (Wildman–Crippen LogP) is 2.84. The third-order valence-corrected chi connectivity index (χ3v) is 4.18. The molecule has 1 unspecified atom stereocenters. The minimum atomic E-state index is -0.119. The van der Waals surface area contributed by atoms with Crippen molar-refractivity contribution < 1.29 is 4.79 Å². The third kappa shape index (κ3) is 4.68. The van der Waals surface area contributed by atoms with Crippen LogP contribution in [-0.4, -0.2) is 47.7 Å². The standard InChI is InChI=1S/C16H24N4OS/c1-11(2)8-12(10-20(3)4)17-16(21)14-9-13(18-19-14)15-6-5-7-22-15/h5-7,9,11-12H,8,10H2,1-4H3,(H,17,21)(H,18,19). The van der Waals surface area contributed by atoms with Crippen molar-refractivity contribution in [3.05, 3.63) is 29.3 Å². The molecule has 2 aromatic heterocycles. The molecule has 0 fully saturated rings. The molecule has 2 rings (SSSR count). The van der Waals surface area contributed by atoms with Gasteiger partial charge in [0.25, 0.3) is 5.91 Å². The smallest absolute Gasteiger partial charge is 0.272 e. The molecule has 0 aromatic carbocycles. The zero-order valence-corrected chi connectivity index (χ0v) is 14.4. The van der Waals surface area contributed by atoms with Crippen LogP contribution in [0, 0.1) is 5.92 Å². The maximum Gasteiger partial charge on any atom is 0.272 e. The second-order valence-corrected chi connectivity index (χ2v) is 7.15. The average molecular weight is 320 g/mol. The molecule has 0 bridgehead atoms. The number of aromatic nitrogens is 2. The van der Waals surface area contributed by atoms with E-state index in [1.165, 1.54) is 0 Å². The van der Waals surface area contributed by atoms with Gasteiger partial charge in [-0.1, -0.05) is 19.9 Å². The number of aromatic amines is 1. The molecule has 1 amide bonds. The Morgan fingerprint density at radius 2 is 2.23 bits per heavy atom. The van der Waals surface area contributed by atoms with Gasteiger partial charge in [0.05, 0.1) is 10.6 Å². The summed E-state index contributed by atoms with van der Waals surface area (Å²) in [5.74, 6) is 0.415. The predicted molar refractivity (Wildman–Crippen MR) is 91.2 cm³/mol. The van der Waals surface area contributed by atoms with Gasteiger partial charge in [-0.2, -0.15) is 5.10 Å². The fourth-order valence-corrected chi connectivity index (χ4v) is 3.14. The van der Waals surface area contributed by atoms with Crippen molar-refractivity contribution in [2.45, 2.75) is 26.3 Å². The minimum absolute atomic E-state index is 0.119. The van der Waals surface area contributed by atoms with Gasteiger partial charge in [0, 0.05) is 12.6 Å². The second kappa shape index (κ2) is 7.56. The number of nitrogens with one attached hydrogen (secondary N) is 2. The van der Waals surface area contributed by atoms with Crippen molar-refractivity contribution in [2.75, 3.05) is 20.6 Å². The molecule has 120 valence electrons. The quantitative estimate of drug-likeness (QED) is 0.824. The van der Waals surface area contributed by atoms with Crippen LogP contribution < -0.4 is 5.32 Å². The Balaban J connectivity index is 2.03. The number of thiophene rings is 1. The highest BCUT2D eigenvalue weighted by Crippen LogP contribution is 2.22. The van der Waals surface area contributed by atoms with E-state index in [2.05, 4.69) is 34.3 Å². The van der Waals surface area contributed by atoms with E-state index in [4.69, 9.17) is 0 Å². The first kappa shape index (κ1) is 16.7. The van der Waals surface area contributed by atoms with Crippen molar-refractivity contribution in [3.8, 4) is 10.6 Å². The highest BCUT2D eigenvalue weighted by Gasteiger charge is 2.18. The Morgan fingerprint density at radius 3 is 2.82 bits per heavy atom. The third-order valence-electron chi connectivity index (χ3n) is 3.27. The molecule has 0 radical (unpaired) electrons. The van der Waals surface area contributed by atoms with Gasteiger partial charge in [0.1, 0.15) is 0 Å². The van der Waals surface area contributed by atoms with E-state index < -0.39 is 0 Å². The van der Waals surface area contributed by atoms with Crippen LogP contribution in [0.2, 0.25) is 0 Å². The minimum Gasteiger partial charge on any atom is -0.347 e. The Labute approximate surface area is 135 Å². The molecule has 22 heavy (non-hydrogen) atoms. The number of nitrogens with zero attached hydrogens (tertiary/aromatic N) is 2. The molecule has 2 N–H and O–H groups in total. The lowest BCUT2D eigenvalue weighted by Crippen LogP contribution is -2.42. The monoisotopic (exact) mass is 320 g/mol. The Hall–Kier alpha value is -1.66. The average Bonchev–Trinajstić information content (AvgIpc) is 3.08. The zero-order chi connectivity index (χ0) is 16.1. The van der Waals surface area contributed by atoms with Crippen LogP contribution in [0.4, 0.5) is 0 Å². The molecule has 0 aliphatic rings. The van der Waals surface area contributed by atoms with E-state index in [0.717, 1.165) is 23.5 Å². The van der Waals surface area contributed by atoms with Gasteiger partial charge in [-0.05, 0) is 43.9 Å². The summed E-state index contributed by atoms with van der Waals surface area (Å²) < 4.78 is 0. The number of carbonyl (C=O) groups is 1. The molecular weight excluding hydrogens is 296 g/mol. The summed E-state index contributed by atoms with van der Waals surface area (Å²) in [7, 11) is 4.03. The van der Waals surface area contributed by atoms with Crippen molar-refractivity contribution in [1.29, 1.82) is 0 Å². The van der Waals surface area contributed by atoms with E-state index in [-0.39, 0.29) is 11.9 Å². The molecule has 6 heteroatoms. The van der Waals surface area contributed by atoms with Crippen LogP contribution in [0.3, 0.4) is 0 Å². The lowest BCUT2D eigenvalue weighted by molar-refractivity contribution is 0.0919. The van der Waals surface area contributed by atoms with Gasteiger partial charge in [0.2, 0.25) is 0 Å². The number of amides is 1. The topological polar surface area (TPSA) is 61.0 Å². The van der Waals surface area contributed by atoms with Crippen LogP contribution >= 0.6 is 11.3 Å². The Morgan fingerprint density at radius 1 is 1.45 bits per heavy atom. The van der Waals surface area contributed by atoms with Crippen LogP contribution in [0.5, 0.6) is 0 Å². The molecule has 1 atom stereocenters. The second-order valence-electron chi connectivity index (χ2n) is 6.21. The van der Waals surface area contributed by atoms with Gasteiger partial charge in [-0.3, -0.25) is 9.89 Å². The molecule has 2 aromatic rings. The molecule has 0 saturated carbocycles. The molecule has 0 aliphatic carbocycles. The van der Waals surface area contributed by atoms with Crippen LogP contribution in [0.15, 0.2) is 23.6 Å². The van der Waals surface area contributed by atoms with E-state index in [1.807, 2.05) is 37.7 Å². The summed E-state index contributed by atoms with van der Waals surface area (Å²) in [5.41, 5.74) is 1.32. The highest BCUT2D eigenvalue weighted by molar-refractivity contribution is 7.13.